The second-order valence-electron chi connectivity index (χ2n) is 3.97. The summed E-state index contributed by atoms with van der Waals surface area (Å²) in [6.07, 6.45) is 1.58. The fourth-order valence-corrected chi connectivity index (χ4v) is 2.04. The fraction of sp³-hybridized carbons (Fsp3) is 0.0714. The number of hydrogen-bond acceptors (Lipinski definition) is 4. The van der Waals surface area contributed by atoms with Gasteiger partial charge in [-0.1, -0.05) is 36.4 Å². The van der Waals surface area contributed by atoms with Crippen molar-refractivity contribution in [3.63, 3.8) is 0 Å². The molecule has 3 rings (SSSR count). The van der Waals surface area contributed by atoms with Crippen LogP contribution in [0, 0.1) is 0 Å². The first-order chi connectivity index (χ1) is 9.40. The number of rotatable bonds is 3. The van der Waals surface area contributed by atoms with Crippen molar-refractivity contribution in [2.45, 2.75) is 0 Å². The predicted molar refractivity (Wildman–Crippen MR) is 71.1 cm³/mol. The number of tetrazole rings is 1. The van der Waals surface area contributed by atoms with Crippen molar-refractivity contribution in [1.82, 2.24) is 20.2 Å². The van der Waals surface area contributed by atoms with Gasteiger partial charge in [0.05, 0.1) is 12.8 Å². The number of benzene rings is 2. The highest BCUT2D eigenvalue weighted by atomic mass is 16.5. The van der Waals surface area contributed by atoms with Crippen molar-refractivity contribution in [2.24, 2.45) is 0 Å². The van der Waals surface area contributed by atoms with Crippen LogP contribution in [-0.2, 0) is 0 Å². The summed E-state index contributed by atoms with van der Waals surface area (Å²) in [4.78, 5) is 0. The van der Waals surface area contributed by atoms with E-state index in [-0.39, 0.29) is 0 Å². The molecule has 0 aliphatic rings. The number of para-hydroxylation sites is 2. The molecule has 0 radical (unpaired) electrons. The van der Waals surface area contributed by atoms with Gasteiger partial charge < -0.3 is 4.74 Å². The standard InChI is InChI=1S/C14H12N4O/c1-19-14-9-5-3-7-12(14)11-6-2-4-8-13(11)18-10-15-16-17-18/h2-10H,1H3. The second-order valence-corrected chi connectivity index (χ2v) is 3.97. The molecule has 2 aromatic carbocycles. The molecule has 0 bridgehead atoms. The molecule has 0 fully saturated rings. The van der Waals surface area contributed by atoms with E-state index in [9.17, 15) is 0 Å². The van der Waals surface area contributed by atoms with E-state index in [4.69, 9.17) is 4.74 Å². The Morgan fingerprint density at radius 1 is 0.947 bits per heavy atom. The number of nitrogens with zero attached hydrogens (tertiary/aromatic N) is 4. The molecule has 0 amide bonds. The Morgan fingerprint density at radius 2 is 1.68 bits per heavy atom. The van der Waals surface area contributed by atoms with Crippen LogP contribution in [0.3, 0.4) is 0 Å². The molecular weight excluding hydrogens is 240 g/mol. The van der Waals surface area contributed by atoms with Crippen LogP contribution in [0.25, 0.3) is 16.8 Å². The summed E-state index contributed by atoms with van der Waals surface area (Å²) >= 11 is 0. The average molecular weight is 252 g/mol. The molecule has 3 aromatic rings. The third kappa shape index (κ3) is 2.06. The van der Waals surface area contributed by atoms with E-state index >= 15 is 0 Å². The highest BCUT2D eigenvalue weighted by molar-refractivity contribution is 5.77. The quantitative estimate of drug-likeness (QED) is 0.718. The van der Waals surface area contributed by atoms with Crippen molar-refractivity contribution in [3.8, 4) is 22.6 Å². The van der Waals surface area contributed by atoms with Gasteiger partial charge >= 0.3 is 0 Å². The maximum Gasteiger partial charge on any atom is 0.143 e. The van der Waals surface area contributed by atoms with Gasteiger partial charge in [0.25, 0.3) is 0 Å². The van der Waals surface area contributed by atoms with Crippen molar-refractivity contribution >= 4 is 0 Å². The van der Waals surface area contributed by atoms with Gasteiger partial charge in [0, 0.05) is 11.1 Å². The highest BCUT2D eigenvalue weighted by Gasteiger charge is 2.11. The summed E-state index contributed by atoms with van der Waals surface area (Å²) in [6.45, 7) is 0. The van der Waals surface area contributed by atoms with Crippen molar-refractivity contribution in [1.29, 1.82) is 0 Å². The van der Waals surface area contributed by atoms with Gasteiger partial charge in [-0.3, -0.25) is 0 Å². The van der Waals surface area contributed by atoms with Crippen molar-refractivity contribution in [2.75, 3.05) is 7.11 Å². The van der Waals surface area contributed by atoms with Crippen LogP contribution < -0.4 is 4.74 Å². The molecule has 94 valence electrons. The van der Waals surface area contributed by atoms with E-state index in [1.165, 1.54) is 0 Å². The van der Waals surface area contributed by atoms with Gasteiger partial charge in [0.1, 0.15) is 12.1 Å². The minimum absolute atomic E-state index is 0.822. The molecule has 0 spiro atoms. The Hall–Kier alpha value is -2.69. The number of methoxy groups -OCH3 is 1. The van der Waals surface area contributed by atoms with E-state index < -0.39 is 0 Å². The maximum atomic E-state index is 5.41. The number of ether oxygens (including phenoxy) is 1. The number of hydrogen-bond donors (Lipinski definition) is 0. The summed E-state index contributed by atoms with van der Waals surface area (Å²) in [5.74, 6) is 0.822. The Bertz CT molecular complexity index is 679. The van der Waals surface area contributed by atoms with Crippen LogP contribution in [0.15, 0.2) is 54.9 Å². The first-order valence-electron chi connectivity index (χ1n) is 5.86. The lowest BCUT2D eigenvalue weighted by molar-refractivity contribution is 0.416. The molecule has 0 N–H and O–H groups in total. The Kier molecular flexibility index (Phi) is 2.94. The smallest absolute Gasteiger partial charge is 0.143 e. The molecule has 0 saturated carbocycles. The third-order valence-corrected chi connectivity index (χ3v) is 2.90. The lowest BCUT2D eigenvalue weighted by Crippen LogP contribution is -1.98. The van der Waals surface area contributed by atoms with Crippen LogP contribution in [0.4, 0.5) is 0 Å². The van der Waals surface area contributed by atoms with Gasteiger partial charge in [-0.2, -0.15) is 4.68 Å². The Balaban J connectivity index is 2.21. The normalized spacial score (nSPS) is 10.4. The zero-order valence-corrected chi connectivity index (χ0v) is 10.4. The van der Waals surface area contributed by atoms with E-state index in [0.717, 1.165) is 22.6 Å². The molecule has 1 heterocycles. The van der Waals surface area contributed by atoms with E-state index in [2.05, 4.69) is 15.5 Å². The predicted octanol–water partition coefficient (Wildman–Crippen LogP) is 2.34. The molecule has 0 aliphatic carbocycles. The van der Waals surface area contributed by atoms with E-state index in [1.54, 1.807) is 18.1 Å². The SMILES string of the molecule is COc1ccccc1-c1ccccc1-n1cnnn1. The lowest BCUT2D eigenvalue weighted by atomic mass is 10.0. The van der Waals surface area contributed by atoms with Crippen molar-refractivity contribution in [3.05, 3.63) is 54.9 Å². The van der Waals surface area contributed by atoms with Gasteiger partial charge in [-0.15, -0.1) is 5.10 Å². The molecule has 19 heavy (non-hydrogen) atoms. The maximum absolute atomic E-state index is 5.41. The lowest BCUT2D eigenvalue weighted by Gasteiger charge is -2.12. The van der Waals surface area contributed by atoms with Crippen LogP contribution in [0.1, 0.15) is 0 Å². The molecule has 0 atom stereocenters. The summed E-state index contributed by atoms with van der Waals surface area (Å²) in [7, 11) is 1.67. The van der Waals surface area contributed by atoms with E-state index in [0.29, 0.717) is 0 Å². The first-order valence-corrected chi connectivity index (χ1v) is 5.86. The zero-order chi connectivity index (χ0) is 13.1. The third-order valence-electron chi connectivity index (χ3n) is 2.90. The molecule has 5 heteroatoms. The summed E-state index contributed by atoms with van der Waals surface area (Å²) in [5.41, 5.74) is 2.94. The monoisotopic (exact) mass is 252 g/mol. The fourth-order valence-electron chi connectivity index (χ4n) is 2.04. The molecule has 0 saturated heterocycles. The minimum atomic E-state index is 0.822. The number of aromatic nitrogens is 4. The van der Waals surface area contributed by atoms with Crippen LogP contribution >= 0.6 is 0 Å². The van der Waals surface area contributed by atoms with Gasteiger partial charge in [0.15, 0.2) is 0 Å². The molecule has 0 unspecified atom stereocenters. The first kappa shape index (κ1) is 11.4. The minimum Gasteiger partial charge on any atom is -0.496 e. The topological polar surface area (TPSA) is 52.8 Å². The summed E-state index contributed by atoms with van der Waals surface area (Å²) < 4.78 is 7.05. The average Bonchev–Trinajstić information content (AvgIpc) is 3.01. The van der Waals surface area contributed by atoms with E-state index in [1.807, 2.05) is 48.5 Å². The Morgan fingerprint density at radius 3 is 2.42 bits per heavy atom. The summed E-state index contributed by atoms with van der Waals surface area (Å²) in [6, 6.07) is 15.8. The zero-order valence-electron chi connectivity index (χ0n) is 10.4. The molecule has 0 aliphatic heterocycles. The molecule has 5 nitrogen and oxygen atoms in total. The Labute approximate surface area is 110 Å². The van der Waals surface area contributed by atoms with Gasteiger partial charge in [-0.05, 0) is 22.6 Å². The van der Waals surface area contributed by atoms with Gasteiger partial charge in [-0.25, -0.2) is 0 Å². The highest BCUT2D eigenvalue weighted by Crippen LogP contribution is 2.33. The largest absolute Gasteiger partial charge is 0.496 e. The van der Waals surface area contributed by atoms with Crippen LogP contribution in [-0.4, -0.2) is 27.3 Å². The van der Waals surface area contributed by atoms with Gasteiger partial charge in [0.2, 0.25) is 0 Å². The summed E-state index contributed by atoms with van der Waals surface area (Å²) in [5, 5.41) is 11.3. The molecular formula is C14H12N4O. The molecule has 1 aromatic heterocycles. The van der Waals surface area contributed by atoms with Crippen molar-refractivity contribution < 1.29 is 4.74 Å². The van der Waals surface area contributed by atoms with Crippen LogP contribution in [0.2, 0.25) is 0 Å². The second kappa shape index (κ2) is 4.89. The van der Waals surface area contributed by atoms with Crippen LogP contribution in [0.5, 0.6) is 5.75 Å².